The maximum absolute atomic E-state index is 12.0. The molecule has 2 rings (SSSR count). The predicted molar refractivity (Wildman–Crippen MR) is 99.5 cm³/mol. The van der Waals surface area contributed by atoms with E-state index in [4.69, 9.17) is 5.41 Å². The number of amides is 1. The molecular formula is C17H21N5OS. The molecule has 1 heterocycles. The van der Waals surface area contributed by atoms with Crippen LogP contribution in [0.2, 0.25) is 0 Å². The van der Waals surface area contributed by atoms with Crippen molar-refractivity contribution in [2.24, 2.45) is 0 Å². The summed E-state index contributed by atoms with van der Waals surface area (Å²) in [4.78, 5) is 12.0. The normalized spacial score (nSPS) is 18.1. The molecule has 0 spiro atoms. The van der Waals surface area contributed by atoms with Crippen LogP contribution in [-0.2, 0) is 4.79 Å². The first-order valence-corrected chi connectivity index (χ1v) is 8.25. The minimum atomic E-state index is -0.275. The minimum absolute atomic E-state index is 0.000537. The van der Waals surface area contributed by atoms with Crippen LogP contribution in [0.1, 0.15) is 31.7 Å². The van der Waals surface area contributed by atoms with Gasteiger partial charge in [0.05, 0.1) is 16.3 Å². The molecule has 1 aromatic carbocycles. The zero-order valence-corrected chi connectivity index (χ0v) is 14.4. The van der Waals surface area contributed by atoms with E-state index in [1.54, 1.807) is 31.2 Å². The van der Waals surface area contributed by atoms with Crippen LogP contribution in [0.4, 0.5) is 11.4 Å². The Bertz CT molecular complexity index is 707. The minimum Gasteiger partial charge on any atom is -0.374 e. The molecule has 4 N–H and O–H groups in total. The summed E-state index contributed by atoms with van der Waals surface area (Å²) in [6, 6.07) is 7.10. The standard InChI is InChI=1S/C17H21N5OS/c1-11(19)8-16(24)22-15-9-13(6-5-12(15)10-18)21-14-4-2-3-7-20-17(14)23/h5-6,8-9,14,19,21-22,24H,2-4,7H2,1H3,(H,20,23)/b16-8-,19-11?. The Morgan fingerprint density at radius 2 is 2.29 bits per heavy atom. The number of thiol groups is 1. The zero-order valence-electron chi connectivity index (χ0n) is 13.5. The number of rotatable bonds is 5. The van der Waals surface area contributed by atoms with Crippen molar-refractivity contribution in [3.8, 4) is 6.07 Å². The number of carbonyl (C=O) groups is 1. The SMILES string of the molecule is CC(=N)/C=C(\S)Nc1cc(NC2CCCCNC2=O)ccc1C#N. The van der Waals surface area contributed by atoms with E-state index in [-0.39, 0.29) is 11.9 Å². The van der Waals surface area contributed by atoms with Crippen molar-refractivity contribution in [3.05, 3.63) is 34.9 Å². The van der Waals surface area contributed by atoms with Gasteiger partial charge < -0.3 is 21.4 Å². The number of hydrogen-bond donors (Lipinski definition) is 5. The molecule has 126 valence electrons. The molecular weight excluding hydrogens is 322 g/mol. The Labute approximate surface area is 147 Å². The van der Waals surface area contributed by atoms with Crippen molar-refractivity contribution in [3.63, 3.8) is 0 Å². The van der Waals surface area contributed by atoms with Gasteiger partial charge in [-0.2, -0.15) is 5.26 Å². The zero-order chi connectivity index (χ0) is 17.5. The molecule has 1 aliphatic heterocycles. The van der Waals surface area contributed by atoms with Gasteiger partial charge in [-0.15, -0.1) is 12.6 Å². The van der Waals surface area contributed by atoms with E-state index in [0.717, 1.165) is 24.9 Å². The highest BCUT2D eigenvalue weighted by molar-refractivity contribution is 7.84. The van der Waals surface area contributed by atoms with Crippen LogP contribution >= 0.6 is 12.6 Å². The largest absolute Gasteiger partial charge is 0.374 e. The number of carbonyl (C=O) groups excluding carboxylic acids is 1. The van der Waals surface area contributed by atoms with Crippen LogP contribution in [0.5, 0.6) is 0 Å². The van der Waals surface area contributed by atoms with Gasteiger partial charge in [-0.3, -0.25) is 4.79 Å². The maximum Gasteiger partial charge on any atom is 0.242 e. The Kier molecular flexibility index (Phi) is 6.27. The fraction of sp³-hybridized carbons (Fsp3) is 0.353. The number of nitrogens with zero attached hydrogens (tertiary/aromatic N) is 1. The molecule has 0 radical (unpaired) electrons. The van der Waals surface area contributed by atoms with Crippen molar-refractivity contribution < 1.29 is 4.79 Å². The van der Waals surface area contributed by atoms with Crippen LogP contribution < -0.4 is 16.0 Å². The fourth-order valence-electron chi connectivity index (χ4n) is 2.49. The van der Waals surface area contributed by atoms with Crippen LogP contribution in [0.15, 0.2) is 29.3 Å². The van der Waals surface area contributed by atoms with Gasteiger partial charge in [0.25, 0.3) is 0 Å². The van der Waals surface area contributed by atoms with Gasteiger partial charge in [-0.1, -0.05) is 0 Å². The first-order chi connectivity index (χ1) is 11.5. The van der Waals surface area contributed by atoms with E-state index in [1.807, 2.05) is 0 Å². The second-order valence-corrected chi connectivity index (χ2v) is 6.18. The van der Waals surface area contributed by atoms with Gasteiger partial charge in [-0.25, -0.2) is 0 Å². The summed E-state index contributed by atoms with van der Waals surface area (Å²) in [6.45, 7) is 2.36. The van der Waals surface area contributed by atoms with Crippen molar-refractivity contribution >= 4 is 35.6 Å². The number of nitriles is 1. The molecule has 6 nitrogen and oxygen atoms in total. The van der Waals surface area contributed by atoms with Crippen molar-refractivity contribution in [2.45, 2.75) is 32.2 Å². The molecule has 0 aromatic heterocycles. The third-order valence-electron chi connectivity index (χ3n) is 3.63. The Hall–Kier alpha value is -2.46. The second-order valence-electron chi connectivity index (χ2n) is 5.69. The summed E-state index contributed by atoms with van der Waals surface area (Å²) in [7, 11) is 0. The van der Waals surface area contributed by atoms with E-state index >= 15 is 0 Å². The summed E-state index contributed by atoms with van der Waals surface area (Å²) < 4.78 is 0. The molecule has 0 aliphatic carbocycles. The van der Waals surface area contributed by atoms with Crippen LogP contribution in [0.25, 0.3) is 0 Å². The lowest BCUT2D eigenvalue weighted by Crippen LogP contribution is -2.37. The topological polar surface area (TPSA) is 101 Å². The second kappa shape index (κ2) is 8.41. The molecule has 1 unspecified atom stereocenters. The molecule has 1 amide bonds. The number of nitrogens with one attached hydrogen (secondary N) is 4. The maximum atomic E-state index is 12.0. The van der Waals surface area contributed by atoms with Gasteiger partial charge in [0, 0.05) is 17.9 Å². The molecule has 24 heavy (non-hydrogen) atoms. The fourth-order valence-corrected chi connectivity index (χ4v) is 2.81. The number of anilines is 2. The van der Waals surface area contributed by atoms with Gasteiger partial charge in [-0.05, 0) is 50.5 Å². The van der Waals surface area contributed by atoms with E-state index in [0.29, 0.717) is 28.5 Å². The Balaban J connectivity index is 2.20. The van der Waals surface area contributed by atoms with Crippen LogP contribution in [0.3, 0.4) is 0 Å². The van der Waals surface area contributed by atoms with Gasteiger partial charge in [0.15, 0.2) is 0 Å². The highest BCUT2D eigenvalue weighted by atomic mass is 32.1. The monoisotopic (exact) mass is 343 g/mol. The first kappa shape index (κ1) is 17.9. The van der Waals surface area contributed by atoms with Gasteiger partial charge >= 0.3 is 0 Å². The summed E-state index contributed by atoms with van der Waals surface area (Å²) >= 11 is 4.28. The summed E-state index contributed by atoms with van der Waals surface area (Å²) in [5.41, 5.74) is 2.16. The smallest absolute Gasteiger partial charge is 0.242 e. The molecule has 0 bridgehead atoms. The van der Waals surface area contributed by atoms with E-state index < -0.39 is 0 Å². The molecule has 1 saturated heterocycles. The third-order valence-corrected chi connectivity index (χ3v) is 3.87. The predicted octanol–water partition coefficient (Wildman–Crippen LogP) is 2.86. The van der Waals surface area contributed by atoms with Crippen molar-refractivity contribution in [1.82, 2.24) is 5.32 Å². The molecule has 1 aliphatic rings. The van der Waals surface area contributed by atoms with E-state index in [9.17, 15) is 10.1 Å². The quantitative estimate of drug-likeness (QED) is 0.419. The number of allylic oxidation sites excluding steroid dienone is 1. The lowest BCUT2D eigenvalue weighted by Gasteiger charge is -2.18. The molecule has 1 atom stereocenters. The lowest BCUT2D eigenvalue weighted by molar-refractivity contribution is -0.121. The first-order valence-electron chi connectivity index (χ1n) is 7.81. The molecule has 0 saturated carbocycles. The van der Waals surface area contributed by atoms with E-state index in [2.05, 4.69) is 34.6 Å². The third kappa shape index (κ3) is 5.03. The van der Waals surface area contributed by atoms with Gasteiger partial charge in [0.2, 0.25) is 5.91 Å². The van der Waals surface area contributed by atoms with Gasteiger partial charge in [0.1, 0.15) is 12.1 Å². The summed E-state index contributed by atoms with van der Waals surface area (Å²) in [5.74, 6) is 0.000537. The Morgan fingerprint density at radius 1 is 1.50 bits per heavy atom. The summed E-state index contributed by atoms with van der Waals surface area (Å²) in [6.07, 6.45) is 4.31. The molecule has 1 fully saturated rings. The van der Waals surface area contributed by atoms with E-state index in [1.165, 1.54) is 0 Å². The van der Waals surface area contributed by atoms with Crippen LogP contribution in [-0.4, -0.2) is 24.2 Å². The number of benzene rings is 1. The lowest BCUT2D eigenvalue weighted by atomic mass is 10.1. The number of hydrogen-bond acceptors (Lipinski definition) is 6. The highest BCUT2D eigenvalue weighted by Crippen LogP contribution is 2.24. The van der Waals surface area contributed by atoms with Crippen LogP contribution in [0, 0.1) is 16.7 Å². The summed E-state index contributed by atoms with van der Waals surface area (Å²) in [5, 5.41) is 26.3. The molecule has 7 heteroatoms. The Morgan fingerprint density at radius 3 is 3.00 bits per heavy atom. The average molecular weight is 343 g/mol. The molecule has 1 aromatic rings. The average Bonchev–Trinajstić information content (AvgIpc) is 2.72. The highest BCUT2D eigenvalue weighted by Gasteiger charge is 2.20. The van der Waals surface area contributed by atoms with Crippen molar-refractivity contribution in [2.75, 3.05) is 17.2 Å². The van der Waals surface area contributed by atoms with Crippen molar-refractivity contribution in [1.29, 1.82) is 10.7 Å².